The minimum absolute atomic E-state index is 0.0454. The number of aromatic amines is 1. The molecule has 0 saturated carbocycles. The van der Waals surface area contributed by atoms with E-state index in [4.69, 9.17) is 29.7 Å². The second-order valence-corrected chi connectivity index (χ2v) is 10.8. The number of nitrogens with one attached hydrogen (secondary N) is 1. The van der Waals surface area contributed by atoms with Crippen molar-refractivity contribution < 1.29 is 28.3 Å². The highest BCUT2D eigenvalue weighted by Gasteiger charge is 2.25. The summed E-state index contributed by atoms with van der Waals surface area (Å²) in [6.07, 6.45) is 4.66. The van der Waals surface area contributed by atoms with E-state index >= 15 is 0 Å². The number of anilines is 1. The number of amides is 1. The van der Waals surface area contributed by atoms with Crippen LogP contribution in [0.1, 0.15) is 19.3 Å². The van der Waals surface area contributed by atoms with Gasteiger partial charge in [0.25, 0.3) is 5.65 Å². The summed E-state index contributed by atoms with van der Waals surface area (Å²) in [4.78, 5) is 27.7. The average molecular weight is 595 g/mol. The van der Waals surface area contributed by atoms with Crippen LogP contribution in [0.2, 0.25) is 0 Å². The summed E-state index contributed by atoms with van der Waals surface area (Å²) in [5.74, 6) is 2.41. The van der Waals surface area contributed by atoms with Crippen LogP contribution in [0.15, 0.2) is 33.0 Å². The molecule has 0 atom stereocenters. The van der Waals surface area contributed by atoms with Crippen LogP contribution in [-0.4, -0.2) is 72.6 Å². The van der Waals surface area contributed by atoms with E-state index < -0.39 is 0 Å². The van der Waals surface area contributed by atoms with Gasteiger partial charge < -0.3 is 34.6 Å². The lowest BCUT2D eigenvalue weighted by Gasteiger charge is -2.31. The lowest BCUT2D eigenvalue weighted by molar-refractivity contribution is -0.677. The van der Waals surface area contributed by atoms with Gasteiger partial charge in [0, 0.05) is 29.6 Å². The third-order valence-corrected chi connectivity index (χ3v) is 8.43. The number of methoxy groups -OCH3 is 1. The number of carbonyl (C=O) groups is 1. The van der Waals surface area contributed by atoms with Crippen LogP contribution in [0, 0.1) is 5.92 Å². The average Bonchev–Trinajstić information content (AvgIpc) is 3.54. The summed E-state index contributed by atoms with van der Waals surface area (Å²) in [7, 11) is 1.62. The Kier molecular flexibility index (Phi) is 8.33. The molecule has 4 heterocycles. The Hall–Kier alpha value is -2.61. The zero-order chi connectivity index (χ0) is 25.8. The van der Waals surface area contributed by atoms with Gasteiger partial charge in [-0.05, 0) is 65.0 Å². The van der Waals surface area contributed by atoms with Gasteiger partial charge in [0.15, 0.2) is 17.0 Å². The monoisotopic (exact) mass is 593 g/mol. The van der Waals surface area contributed by atoms with E-state index in [1.165, 1.54) is 11.8 Å². The van der Waals surface area contributed by atoms with Crippen LogP contribution >= 0.6 is 27.7 Å². The van der Waals surface area contributed by atoms with E-state index in [9.17, 15) is 4.79 Å². The van der Waals surface area contributed by atoms with E-state index in [-0.39, 0.29) is 19.3 Å². The topological polar surface area (TPSA) is 129 Å². The molecule has 2 aliphatic rings. The first-order chi connectivity index (χ1) is 18.0. The summed E-state index contributed by atoms with van der Waals surface area (Å²) in [5, 5.41) is 0.711. The van der Waals surface area contributed by atoms with Gasteiger partial charge in [-0.3, -0.25) is 4.79 Å². The van der Waals surface area contributed by atoms with Gasteiger partial charge in [0.2, 0.25) is 30.0 Å². The highest BCUT2D eigenvalue weighted by molar-refractivity contribution is 9.10. The van der Waals surface area contributed by atoms with Gasteiger partial charge >= 0.3 is 0 Å². The van der Waals surface area contributed by atoms with Crippen molar-refractivity contribution >= 4 is 50.6 Å². The molecule has 0 aliphatic carbocycles. The minimum Gasteiger partial charge on any atom is -0.454 e. The van der Waals surface area contributed by atoms with Crippen LogP contribution in [0.25, 0.3) is 11.2 Å². The van der Waals surface area contributed by atoms with Crippen LogP contribution in [0.4, 0.5) is 5.82 Å². The van der Waals surface area contributed by atoms with Crippen molar-refractivity contribution in [1.29, 1.82) is 0 Å². The van der Waals surface area contributed by atoms with Crippen molar-refractivity contribution in [1.82, 2.24) is 19.9 Å². The molecule has 0 spiro atoms. The number of piperidine rings is 1. The molecule has 0 bridgehead atoms. The molecule has 11 nitrogen and oxygen atoms in total. The van der Waals surface area contributed by atoms with Gasteiger partial charge in [-0.2, -0.15) is 0 Å². The van der Waals surface area contributed by atoms with Crippen molar-refractivity contribution in [2.24, 2.45) is 5.92 Å². The Bertz CT molecular complexity index is 1270. The zero-order valence-electron chi connectivity index (χ0n) is 20.6. The molecule has 1 saturated heterocycles. The molecule has 5 rings (SSSR count). The molecule has 37 heavy (non-hydrogen) atoms. The number of imidazole rings is 1. The molecule has 2 aliphatic heterocycles. The number of hydrogen-bond acceptors (Lipinski definition) is 9. The van der Waals surface area contributed by atoms with Gasteiger partial charge in [-0.15, -0.1) is 0 Å². The van der Waals surface area contributed by atoms with E-state index in [0.717, 1.165) is 65.2 Å². The Morgan fingerprint density at radius 2 is 2.08 bits per heavy atom. The van der Waals surface area contributed by atoms with Gasteiger partial charge in [0.05, 0.1) is 19.8 Å². The molecule has 2 aromatic heterocycles. The van der Waals surface area contributed by atoms with Crippen molar-refractivity contribution in [3.8, 4) is 11.5 Å². The third-order valence-electron chi connectivity index (χ3n) is 6.56. The quantitative estimate of drug-likeness (QED) is 0.269. The number of aromatic nitrogens is 4. The Balaban J connectivity index is 1.19. The van der Waals surface area contributed by atoms with Gasteiger partial charge in [-0.25, -0.2) is 4.57 Å². The van der Waals surface area contributed by atoms with Crippen molar-refractivity contribution in [2.75, 3.05) is 52.5 Å². The predicted octanol–water partition coefficient (Wildman–Crippen LogP) is 2.76. The number of nitrogens with two attached hydrogens (primary N) is 1. The molecule has 3 aromatic rings. The Morgan fingerprint density at radius 3 is 2.86 bits per heavy atom. The summed E-state index contributed by atoms with van der Waals surface area (Å²) in [6, 6.07) is 3.83. The number of aryl methyl sites for hydroxylation is 1. The first-order valence-electron chi connectivity index (χ1n) is 12.2. The first kappa shape index (κ1) is 26.0. The fraction of sp³-hybridized carbons (Fsp3) is 0.500. The number of hydrogen-bond donors (Lipinski definition) is 2. The number of benzene rings is 1. The van der Waals surface area contributed by atoms with Gasteiger partial charge in [-0.1, -0.05) is 9.97 Å². The lowest BCUT2D eigenvalue weighted by Crippen LogP contribution is -2.42. The minimum atomic E-state index is 0.0454. The van der Waals surface area contributed by atoms with E-state index in [1.807, 2.05) is 21.6 Å². The normalized spacial score (nSPS) is 15.6. The SMILES string of the molecule is COCCOCC(=O)N1CCC(CC[n+]2cnc(N)c3[nH]c(Sc4cc5c(cc4Br)OCO5)nc32)CC1. The molecule has 198 valence electrons. The fourth-order valence-electron chi connectivity index (χ4n) is 4.46. The summed E-state index contributed by atoms with van der Waals surface area (Å²) in [5.41, 5.74) is 7.65. The number of ether oxygens (including phenoxy) is 4. The van der Waals surface area contributed by atoms with Crippen LogP contribution in [0.3, 0.4) is 0 Å². The number of carbonyl (C=O) groups excluding carboxylic acids is 1. The molecule has 1 amide bonds. The van der Waals surface area contributed by atoms with Crippen molar-refractivity contribution in [2.45, 2.75) is 35.9 Å². The maximum Gasteiger partial charge on any atom is 0.294 e. The van der Waals surface area contributed by atoms with E-state index in [1.54, 1.807) is 13.4 Å². The Morgan fingerprint density at radius 1 is 1.30 bits per heavy atom. The maximum absolute atomic E-state index is 12.3. The molecule has 0 unspecified atom stereocenters. The second-order valence-electron chi connectivity index (χ2n) is 8.96. The molecule has 3 N–H and O–H groups in total. The summed E-state index contributed by atoms with van der Waals surface area (Å²) < 4.78 is 24.2. The first-order valence-corrected chi connectivity index (χ1v) is 13.8. The number of rotatable bonds is 10. The summed E-state index contributed by atoms with van der Waals surface area (Å²) >= 11 is 5.08. The predicted molar refractivity (Wildman–Crippen MR) is 140 cm³/mol. The molecular weight excluding hydrogens is 564 g/mol. The third kappa shape index (κ3) is 6.11. The number of nitrogen functional groups attached to an aromatic ring is 1. The number of nitrogens with zero attached hydrogens (tertiary/aromatic N) is 4. The van der Waals surface area contributed by atoms with Crippen molar-refractivity contribution in [3.05, 3.63) is 22.9 Å². The number of fused-ring (bicyclic) bond motifs is 2. The highest BCUT2D eigenvalue weighted by Crippen LogP contribution is 2.42. The van der Waals surface area contributed by atoms with E-state index in [0.29, 0.717) is 35.9 Å². The summed E-state index contributed by atoms with van der Waals surface area (Å²) in [6.45, 7) is 3.54. The maximum atomic E-state index is 12.3. The molecular formula is C24H30BrN6O5S+. The van der Waals surface area contributed by atoms with Gasteiger partial charge in [0.1, 0.15) is 6.61 Å². The molecule has 0 radical (unpaired) electrons. The van der Waals surface area contributed by atoms with Crippen molar-refractivity contribution in [3.63, 3.8) is 0 Å². The number of H-pyrrole nitrogens is 1. The van der Waals surface area contributed by atoms with Crippen LogP contribution in [0.5, 0.6) is 11.5 Å². The molecule has 1 fully saturated rings. The molecule has 1 aromatic carbocycles. The fourth-order valence-corrected chi connectivity index (χ4v) is 5.84. The number of likely N-dealkylation sites (tertiary alicyclic amines) is 1. The second kappa shape index (κ2) is 11.8. The smallest absolute Gasteiger partial charge is 0.294 e. The zero-order valence-corrected chi connectivity index (χ0v) is 23.0. The van der Waals surface area contributed by atoms with Crippen LogP contribution < -0.4 is 19.8 Å². The standard InChI is InChI=1S/C24H29BrN6O5S/c1-33-8-9-34-12-20(32)30-5-2-15(3-6-30)4-7-31-13-27-22(26)21-23(31)29-24(28-21)37-19-11-18-17(10-16(19)25)35-14-36-18/h10-11,13,15H,2-9,12,14H2,1H3,(H2,26,28,29)/p+1. The highest BCUT2D eigenvalue weighted by atomic mass is 79.9. The van der Waals surface area contributed by atoms with E-state index in [2.05, 4.69) is 25.9 Å². The molecule has 13 heteroatoms. The number of halogens is 1. The van der Waals surface area contributed by atoms with Crippen LogP contribution in [-0.2, 0) is 20.8 Å². The largest absolute Gasteiger partial charge is 0.454 e. The Labute approximate surface area is 227 Å². The lowest BCUT2D eigenvalue weighted by atomic mass is 9.93.